The van der Waals surface area contributed by atoms with Crippen LogP contribution < -0.4 is 19.5 Å². The molecule has 1 N–H and O–H groups in total. The minimum absolute atomic E-state index is 0.0488. The Morgan fingerprint density at radius 2 is 1.62 bits per heavy atom. The standard InChI is InChI=1S/C23H31N3O6/c1-14(2)12-16(21(28)32-23(3,4)5)24-20(27)15-10-8-9-11-17(15)31-22-25-18(29-6)13-19(26-22)30-7/h8-11,13-14,16H,12H2,1-7H3,(H,24,27). The van der Waals surface area contributed by atoms with Gasteiger partial charge in [-0.2, -0.15) is 9.97 Å². The highest BCUT2D eigenvalue weighted by Crippen LogP contribution is 2.26. The predicted octanol–water partition coefficient (Wildman–Crippen LogP) is 3.77. The lowest BCUT2D eigenvalue weighted by Gasteiger charge is -2.25. The number of carbonyl (C=O) groups excluding carboxylic acids is 2. The first-order valence-corrected chi connectivity index (χ1v) is 10.3. The van der Waals surface area contributed by atoms with Crippen LogP contribution in [0.1, 0.15) is 51.4 Å². The first-order chi connectivity index (χ1) is 15.0. The van der Waals surface area contributed by atoms with Gasteiger partial charge >= 0.3 is 12.0 Å². The van der Waals surface area contributed by atoms with Gasteiger partial charge in [0.1, 0.15) is 17.4 Å². The molecule has 1 unspecified atom stereocenters. The molecule has 0 aliphatic carbocycles. The summed E-state index contributed by atoms with van der Waals surface area (Å²) in [6.45, 7) is 9.28. The van der Waals surface area contributed by atoms with Crippen molar-refractivity contribution in [2.24, 2.45) is 5.92 Å². The summed E-state index contributed by atoms with van der Waals surface area (Å²) >= 11 is 0. The van der Waals surface area contributed by atoms with Crippen LogP contribution >= 0.6 is 0 Å². The van der Waals surface area contributed by atoms with Crippen LogP contribution in [0.15, 0.2) is 30.3 Å². The number of ether oxygens (including phenoxy) is 4. The summed E-state index contributed by atoms with van der Waals surface area (Å²) in [5.41, 5.74) is -0.448. The van der Waals surface area contributed by atoms with Crippen LogP contribution in [-0.4, -0.2) is 47.7 Å². The van der Waals surface area contributed by atoms with Crippen molar-refractivity contribution in [3.63, 3.8) is 0 Å². The summed E-state index contributed by atoms with van der Waals surface area (Å²) in [7, 11) is 2.91. The number of benzene rings is 1. The van der Waals surface area contributed by atoms with Crippen LogP contribution in [0.5, 0.6) is 23.5 Å². The molecular formula is C23H31N3O6. The number of hydrogen-bond donors (Lipinski definition) is 1. The van der Waals surface area contributed by atoms with Gasteiger partial charge in [-0.15, -0.1) is 0 Å². The Morgan fingerprint density at radius 1 is 1.03 bits per heavy atom. The second kappa shape index (κ2) is 10.8. The van der Waals surface area contributed by atoms with Crippen LogP contribution in [0.4, 0.5) is 0 Å². The Kier molecular flexibility index (Phi) is 8.40. The molecule has 0 saturated heterocycles. The number of methoxy groups -OCH3 is 2. The smallest absolute Gasteiger partial charge is 0.329 e. The molecule has 0 aliphatic heterocycles. The molecule has 0 fully saturated rings. The maximum atomic E-state index is 13.1. The van der Waals surface area contributed by atoms with Gasteiger partial charge in [-0.1, -0.05) is 26.0 Å². The van der Waals surface area contributed by atoms with Crippen molar-refractivity contribution in [1.82, 2.24) is 15.3 Å². The van der Waals surface area contributed by atoms with Crippen LogP contribution in [-0.2, 0) is 9.53 Å². The highest BCUT2D eigenvalue weighted by molar-refractivity contribution is 5.99. The van der Waals surface area contributed by atoms with E-state index >= 15 is 0 Å². The normalized spacial score (nSPS) is 12.1. The van der Waals surface area contributed by atoms with Crippen molar-refractivity contribution in [3.8, 4) is 23.5 Å². The van der Waals surface area contributed by atoms with E-state index in [4.69, 9.17) is 18.9 Å². The SMILES string of the molecule is COc1cc(OC)nc(Oc2ccccc2C(=O)NC(CC(C)C)C(=O)OC(C)(C)C)n1. The van der Waals surface area contributed by atoms with Gasteiger partial charge in [0.2, 0.25) is 11.8 Å². The van der Waals surface area contributed by atoms with Gasteiger partial charge in [-0.25, -0.2) is 4.79 Å². The number of carbonyl (C=O) groups is 2. The monoisotopic (exact) mass is 445 g/mol. The Hall–Kier alpha value is -3.36. The topological polar surface area (TPSA) is 109 Å². The maximum Gasteiger partial charge on any atom is 0.329 e. The molecule has 1 aromatic carbocycles. The number of esters is 1. The van der Waals surface area contributed by atoms with Gasteiger partial charge in [-0.05, 0) is 45.2 Å². The fourth-order valence-electron chi connectivity index (χ4n) is 2.77. The van der Waals surface area contributed by atoms with Crippen molar-refractivity contribution in [2.45, 2.75) is 52.7 Å². The summed E-state index contributed by atoms with van der Waals surface area (Å²) in [4.78, 5) is 34.0. The number of nitrogens with one attached hydrogen (secondary N) is 1. The minimum atomic E-state index is -0.803. The zero-order valence-corrected chi connectivity index (χ0v) is 19.6. The third kappa shape index (κ3) is 7.40. The fourth-order valence-corrected chi connectivity index (χ4v) is 2.77. The number of hydrogen-bond acceptors (Lipinski definition) is 8. The molecule has 0 aliphatic rings. The molecule has 0 bridgehead atoms. The maximum absolute atomic E-state index is 13.1. The van der Waals surface area contributed by atoms with E-state index in [0.717, 1.165) is 0 Å². The molecular weight excluding hydrogens is 414 g/mol. The van der Waals surface area contributed by atoms with E-state index in [1.807, 2.05) is 13.8 Å². The number of para-hydroxylation sites is 1. The molecule has 174 valence electrons. The fraction of sp³-hybridized carbons (Fsp3) is 0.478. The molecule has 1 atom stereocenters. The van der Waals surface area contributed by atoms with Gasteiger partial charge in [0.15, 0.2) is 0 Å². The van der Waals surface area contributed by atoms with Crippen LogP contribution in [0.25, 0.3) is 0 Å². The Bertz CT molecular complexity index is 917. The zero-order valence-electron chi connectivity index (χ0n) is 19.6. The highest BCUT2D eigenvalue weighted by Gasteiger charge is 2.28. The number of nitrogens with zero attached hydrogens (tertiary/aromatic N) is 2. The molecule has 2 aromatic rings. The van der Waals surface area contributed by atoms with Crippen molar-refractivity contribution >= 4 is 11.9 Å². The van der Waals surface area contributed by atoms with Crippen LogP contribution in [0, 0.1) is 5.92 Å². The highest BCUT2D eigenvalue weighted by atomic mass is 16.6. The molecule has 1 amide bonds. The van der Waals surface area contributed by atoms with Gasteiger partial charge in [0.05, 0.1) is 25.8 Å². The minimum Gasteiger partial charge on any atom is -0.481 e. The lowest BCUT2D eigenvalue weighted by Crippen LogP contribution is -2.45. The average Bonchev–Trinajstić information content (AvgIpc) is 2.71. The van der Waals surface area contributed by atoms with Gasteiger partial charge < -0.3 is 24.3 Å². The van der Waals surface area contributed by atoms with Crippen molar-refractivity contribution in [3.05, 3.63) is 35.9 Å². The number of rotatable bonds is 9. The average molecular weight is 446 g/mol. The Morgan fingerprint density at radius 3 is 2.16 bits per heavy atom. The second-order valence-corrected chi connectivity index (χ2v) is 8.52. The summed E-state index contributed by atoms with van der Waals surface area (Å²) in [5.74, 6) is -0.0954. The predicted molar refractivity (Wildman–Crippen MR) is 118 cm³/mol. The summed E-state index contributed by atoms with van der Waals surface area (Å²) in [6, 6.07) is 7.25. The van der Waals surface area contributed by atoms with E-state index in [1.54, 1.807) is 45.0 Å². The molecule has 0 spiro atoms. The lowest BCUT2D eigenvalue weighted by molar-refractivity contribution is -0.157. The quantitative estimate of drug-likeness (QED) is 0.581. The van der Waals surface area contributed by atoms with Gasteiger partial charge in [-0.3, -0.25) is 4.79 Å². The molecule has 1 aromatic heterocycles. The van der Waals surface area contributed by atoms with E-state index in [-0.39, 0.29) is 35.0 Å². The molecule has 9 nitrogen and oxygen atoms in total. The molecule has 32 heavy (non-hydrogen) atoms. The number of aromatic nitrogens is 2. The third-order valence-electron chi connectivity index (χ3n) is 4.11. The first kappa shape index (κ1) is 24.9. The van der Waals surface area contributed by atoms with E-state index in [1.165, 1.54) is 20.3 Å². The lowest BCUT2D eigenvalue weighted by atomic mass is 10.0. The van der Waals surface area contributed by atoms with Crippen LogP contribution in [0.3, 0.4) is 0 Å². The molecule has 0 saturated carbocycles. The summed E-state index contributed by atoms with van der Waals surface area (Å²) in [5, 5.41) is 2.77. The van der Waals surface area contributed by atoms with E-state index in [2.05, 4.69) is 15.3 Å². The Balaban J connectivity index is 2.28. The van der Waals surface area contributed by atoms with Gasteiger partial charge in [0.25, 0.3) is 5.91 Å². The number of amides is 1. The van der Waals surface area contributed by atoms with Crippen molar-refractivity contribution < 1.29 is 28.5 Å². The van der Waals surface area contributed by atoms with Crippen molar-refractivity contribution in [2.75, 3.05) is 14.2 Å². The van der Waals surface area contributed by atoms with Crippen LogP contribution in [0.2, 0.25) is 0 Å². The first-order valence-electron chi connectivity index (χ1n) is 10.3. The second-order valence-electron chi connectivity index (χ2n) is 8.52. The van der Waals surface area contributed by atoms with Crippen molar-refractivity contribution in [1.29, 1.82) is 0 Å². The van der Waals surface area contributed by atoms with Gasteiger partial charge in [0, 0.05) is 0 Å². The largest absolute Gasteiger partial charge is 0.481 e. The molecule has 2 rings (SSSR count). The molecule has 1 heterocycles. The summed E-state index contributed by atoms with van der Waals surface area (Å²) in [6.07, 6.45) is 0.430. The zero-order chi connectivity index (χ0) is 23.9. The molecule has 9 heteroatoms. The van der Waals surface area contributed by atoms with E-state index < -0.39 is 23.5 Å². The Labute approximate surface area is 188 Å². The van der Waals surface area contributed by atoms with E-state index in [9.17, 15) is 9.59 Å². The molecule has 0 radical (unpaired) electrons. The summed E-state index contributed by atoms with van der Waals surface area (Å²) < 4.78 is 21.5. The third-order valence-corrected chi connectivity index (χ3v) is 4.11. The van der Waals surface area contributed by atoms with E-state index in [0.29, 0.717) is 6.42 Å².